The molecule has 1 aliphatic rings. The molecule has 2 aromatic carbocycles. The summed E-state index contributed by atoms with van der Waals surface area (Å²) in [6, 6.07) is 1.63. The molecule has 0 aromatic heterocycles. The first-order chi connectivity index (χ1) is 14.8. The number of fused-ring (bicyclic) bond motifs is 1. The first-order valence-corrected chi connectivity index (χ1v) is 9.20. The minimum absolute atomic E-state index is 0.0177. The topological polar surface area (TPSA) is 52.1 Å². The van der Waals surface area contributed by atoms with Gasteiger partial charge in [-0.05, 0) is 35.4 Å². The van der Waals surface area contributed by atoms with E-state index in [1.54, 1.807) is 18.2 Å². The van der Waals surface area contributed by atoms with E-state index in [0.29, 0.717) is 28.7 Å². The van der Waals surface area contributed by atoms with E-state index in [1.165, 1.54) is 0 Å². The largest absolute Gasteiger partial charge is 0.486 e. The van der Waals surface area contributed by atoms with Crippen LogP contribution in [0.4, 0.5) is 30.7 Å². The Labute approximate surface area is 185 Å². The molecule has 0 saturated heterocycles. The highest BCUT2D eigenvalue weighted by atomic mass is 35.5. The van der Waals surface area contributed by atoms with Crippen LogP contribution in [0.1, 0.15) is 11.1 Å². The molecule has 0 atom stereocenters. The fraction of sp³-hybridized carbons (Fsp3) is 0.278. The Kier molecular flexibility index (Phi) is 6.57. The summed E-state index contributed by atoms with van der Waals surface area (Å²) >= 11 is 12.1. The third-order valence-corrected chi connectivity index (χ3v) is 4.57. The molecule has 174 valence electrons. The summed E-state index contributed by atoms with van der Waals surface area (Å²) in [6.07, 6.45) is -5.94. The molecule has 32 heavy (non-hydrogen) atoms. The van der Waals surface area contributed by atoms with Gasteiger partial charge in [0.1, 0.15) is 6.61 Å². The minimum atomic E-state index is -6.48. The van der Waals surface area contributed by atoms with Gasteiger partial charge in [0.05, 0.1) is 16.3 Å². The van der Waals surface area contributed by atoms with Crippen LogP contribution in [0.15, 0.2) is 35.4 Å². The van der Waals surface area contributed by atoms with Crippen LogP contribution < -0.4 is 19.6 Å². The highest BCUT2D eigenvalue weighted by molar-refractivity contribution is 6.37. The number of halogens is 9. The van der Waals surface area contributed by atoms with Crippen molar-refractivity contribution >= 4 is 29.4 Å². The third-order valence-electron chi connectivity index (χ3n) is 4.01. The Bertz CT molecular complexity index is 1010. The molecule has 0 saturated carbocycles. The van der Waals surface area contributed by atoms with Crippen molar-refractivity contribution in [1.29, 1.82) is 0 Å². The van der Waals surface area contributed by atoms with Crippen molar-refractivity contribution < 1.29 is 44.9 Å². The first-order valence-electron chi connectivity index (χ1n) is 8.45. The van der Waals surface area contributed by atoms with E-state index in [9.17, 15) is 30.7 Å². The van der Waals surface area contributed by atoms with Crippen LogP contribution in [0, 0.1) is 0 Å². The van der Waals surface area contributed by atoms with Crippen molar-refractivity contribution in [3.63, 3.8) is 0 Å². The second-order valence-electron chi connectivity index (χ2n) is 6.31. The van der Waals surface area contributed by atoms with E-state index >= 15 is 0 Å². The lowest BCUT2D eigenvalue weighted by atomic mass is 10.2. The summed E-state index contributed by atoms with van der Waals surface area (Å²) in [4.78, 5) is 0. The van der Waals surface area contributed by atoms with Crippen LogP contribution in [0.25, 0.3) is 0 Å². The molecule has 1 N–H and O–H groups in total. The van der Waals surface area contributed by atoms with Gasteiger partial charge in [0.15, 0.2) is 17.2 Å². The highest BCUT2D eigenvalue weighted by Gasteiger charge is 2.73. The summed E-state index contributed by atoms with van der Waals surface area (Å²) in [5.74, 6) is -5.24. The Hall–Kier alpha value is -2.60. The monoisotopic (exact) mass is 506 g/mol. The zero-order valence-electron chi connectivity index (χ0n) is 15.5. The maximum atomic E-state index is 13.2. The van der Waals surface area contributed by atoms with Crippen LogP contribution in [0.3, 0.4) is 0 Å². The van der Waals surface area contributed by atoms with Gasteiger partial charge >= 0.3 is 18.1 Å². The van der Waals surface area contributed by atoms with Crippen LogP contribution >= 0.6 is 23.2 Å². The molecule has 3 rings (SSSR count). The van der Waals surface area contributed by atoms with Crippen molar-refractivity contribution in [3.05, 3.63) is 51.5 Å². The van der Waals surface area contributed by atoms with Gasteiger partial charge in [-0.2, -0.15) is 35.8 Å². The second-order valence-corrected chi connectivity index (χ2v) is 7.12. The molecule has 2 aromatic rings. The maximum Gasteiger partial charge on any atom is 0.462 e. The van der Waals surface area contributed by atoms with E-state index in [-0.39, 0.29) is 34.8 Å². The molecule has 0 aliphatic carbocycles. The van der Waals surface area contributed by atoms with E-state index in [1.807, 2.05) is 0 Å². The van der Waals surface area contributed by atoms with Crippen LogP contribution in [0.2, 0.25) is 10.0 Å². The summed E-state index contributed by atoms with van der Waals surface area (Å²) in [6.45, 7) is 0.110. The van der Waals surface area contributed by atoms with Gasteiger partial charge in [-0.25, -0.2) is 5.43 Å². The predicted molar refractivity (Wildman–Crippen MR) is 100 cm³/mol. The van der Waals surface area contributed by atoms with Gasteiger partial charge in [0, 0.05) is 0 Å². The number of hydrogen-bond donors (Lipinski definition) is 1. The fourth-order valence-corrected chi connectivity index (χ4v) is 3.03. The van der Waals surface area contributed by atoms with Crippen molar-refractivity contribution in [3.8, 4) is 17.2 Å². The number of nitrogens with zero attached hydrogens (tertiary/aromatic N) is 1. The zero-order chi connectivity index (χ0) is 23.7. The van der Waals surface area contributed by atoms with Crippen molar-refractivity contribution in [1.82, 2.24) is 5.43 Å². The van der Waals surface area contributed by atoms with Gasteiger partial charge in [-0.15, -0.1) is 0 Å². The number of rotatable bonds is 7. The number of alkyl halides is 7. The third kappa shape index (κ3) is 4.90. The Morgan fingerprint density at radius 1 is 0.969 bits per heavy atom. The first kappa shape index (κ1) is 24.1. The van der Waals surface area contributed by atoms with Crippen LogP contribution in [-0.4, -0.2) is 31.2 Å². The molecule has 0 spiro atoms. The molecule has 0 unspecified atom stereocenters. The van der Waals surface area contributed by atoms with E-state index < -0.39 is 18.1 Å². The van der Waals surface area contributed by atoms with Crippen LogP contribution in [0.5, 0.6) is 17.2 Å². The molecular weight excluding hydrogens is 496 g/mol. The Balaban J connectivity index is 1.67. The molecular formula is C18H11Cl2F7N2O3. The van der Waals surface area contributed by atoms with E-state index in [4.69, 9.17) is 37.4 Å². The van der Waals surface area contributed by atoms with Gasteiger partial charge in [-0.3, -0.25) is 0 Å². The van der Waals surface area contributed by atoms with Gasteiger partial charge in [-0.1, -0.05) is 29.3 Å². The lowest BCUT2D eigenvalue weighted by Gasteiger charge is -2.27. The molecule has 0 bridgehead atoms. The molecule has 14 heteroatoms. The van der Waals surface area contributed by atoms with Crippen molar-refractivity contribution in [2.75, 3.05) is 6.79 Å². The number of benzene rings is 2. The molecule has 1 heterocycles. The quantitative estimate of drug-likeness (QED) is 0.216. The normalized spacial score (nSPS) is 14.2. The smallest absolute Gasteiger partial charge is 0.462 e. The van der Waals surface area contributed by atoms with Crippen molar-refractivity contribution in [2.45, 2.75) is 24.8 Å². The maximum absolute atomic E-state index is 13.2. The molecule has 0 radical (unpaired) electrons. The Morgan fingerprint density at radius 2 is 1.59 bits per heavy atom. The number of hydrazone groups is 1. The van der Waals surface area contributed by atoms with Crippen LogP contribution in [-0.2, 0) is 6.61 Å². The molecule has 0 fully saturated rings. The summed E-state index contributed by atoms with van der Waals surface area (Å²) < 4.78 is 104. The number of hydrogen-bond acceptors (Lipinski definition) is 5. The average molecular weight is 507 g/mol. The fourth-order valence-electron chi connectivity index (χ4n) is 2.41. The van der Waals surface area contributed by atoms with Gasteiger partial charge in [0.25, 0.3) is 0 Å². The Morgan fingerprint density at radius 3 is 2.22 bits per heavy atom. The SMILES string of the molecule is FC(F)(F)C(F)(F)C(F)(F)N/N=C/c1cc(Cl)c(OCc2ccc3c(c2)OCO3)c(Cl)c1. The molecule has 0 amide bonds. The number of nitrogens with one attached hydrogen (secondary N) is 1. The van der Waals surface area contributed by atoms with E-state index in [2.05, 4.69) is 5.10 Å². The zero-order valence-corrected chi connectivity index (χ0v) is 17.0. The molecule has 1 aliphatic heterocycles. The lowest BCUT2D eigenvalue weighted by molar-refractivity contribution is -0.361. The van der Waals surface area contributed by atoms with E-state index in [0.717, 1.165) is 12.1 Å². The highest BCUT2D eigenvalue weighted by Crippen LogP contribution is 2.45. The summed E-state index contributed by atoms with van der Waals surface area (Å²) in [7, 11) is 0. The van der Waals surface area contributed by atoms with Crippen molar-refractivity contribution in [2.24, 2.45) is 5.10 Å². The van der Waals surface area contributed by atoms with Gasteiger partial charge < -0.3 is 14.2 Å². The average Bonchev–Trinajstić information content (AvgIpc) is 3.14. The summed E-state index contributed by atoms with van der Waals surface area (Å²) in [5.41, 5.74) is 1.11. The summed E-state index contributed by atoms with van der Waals surface area (Å²) in [5, 5.41) is 2.56. The number of ether oxygens (including phenoxy) is 3. The van der Waals surface area contributed by atoms with Gasteiger partial charge in [0.2, 0.25) is 6.79 Å². The lowest BCUT2D eigenvalue weighted by Crippen LogP contribution is -2.58. The second kappa shape index (κ2) is 8.74. The standard InChI is InChI=1S/C18H11Cl2F7N2O3/c19-11-3-10(6-28-29-18(26,27)16(21,22)17(23,24)25)4-12(20)15(11)30-7-9-1-2-13-14(5-9)32-8-31-13/h1-6,29H,7-8H2/b28-6+. The molecule has 5 nitrogen and oxygen atoms in total. The predicted octanol–water partition coefficient (Wildman–Crippen LogP) is 6.02. The minimum Gasteiger partial charge on any atom is -0.486 e.